The van der Waals surface area contributed by atoms with E-state index in [4.69, 9.17) is 9.47 Å². The van der Waals surface area contributed by atoms with E-state index in [1.807, 2.05) is 0 Å². The van der Waals surface area contributed by atoms with Crippen molar-refractivity contribution in [1.82, 2.24) is 10.2 Å². The Morgan fingerprint density at radius 2 is 2.00 bits per heavy atom. The second-order valence-corrected chi connectivity index (χ2v) is 5.49. The molecule has 0 amide bonds. The molecule has 0 bridgehead atoms. The fourth-order valence-electron chi connectivity index (χ4n) is 2.82. The van der Waals surface area contributed by atoms with Gasteiger partial charge in [0.25, 0.3) is 0 Å². The zero-order valence-corrected chi connectivity index (χ0v) is 12.1. The van der Waals surface area contributed by atoms with Crippen LogP contribution in [-0.4, -0.2) is 57.4 Å². The molecule has 0 spiro atoms. The minimum Gasteiger partial charge on any atom is -0.493 e. The minimum atomic E-state index is 0.844. The van der Waals surface area contributed by atoms with Gasteiger partial charge in [-0.15, -0.1) is 0 Å². The summed E-state index contributed by atoms with van der Waals surface area (Å²) in [5.74, 6) is 1.08. The van der Waals surface area contributed by atoms with Crippen molar-refractivity contribution in [2.75, 3.05) is 52.5 Å². The van der Waals surface area contributed by atoms with Gasteiger partial charge >= 0.3 is 0 Å². The van der Waals surface area contributed by atoms with E-state index < -0.39 is 0 Å². The normalized spacial score (nSPS) is 18.8. The number of hydrogen-bond acceptors (Lipinski definition) is 4. The molecule has 20 heavy (non-hydrogen) atoms. The number of benzene rings is 1. The second-order valence-electron chi connectivity index (χ2n) is 5.49. The van der Waals surface area contributed by atoms with Gasteiger partial charge in [0.15, 0.2) is 0 Å². The summed E-state index contributed by atoms with van der Waals surface area (Å²) in [7, 11) is 0. The summed E-state index contributed by atoms with van der Waals surface area (Å²) in [6.07, 6.45) is 2.16. The van der Waals surface area contributed by atoms with E-state index in [1.54, 1.807) is 0 Å². The molecule has 4 nitrogen and oxygen atoms in total. The Kier molecular flexibility index (Phi) is 4.90. The van der Waals surface area contributed by atoms with Crippen molar-refractivity contribution in [2.24, 2.45) is 0 Å². The topological polar surface area (TPSA) is 33.7 Å². The van der Waals surface area contributed by atoms with Crippen LogP contribution in [0.1, 0.15) is 11.1 Å². The van der Waals surface area contributed by atoms with Gasteiger partial charge in [0, 0.05) is 32.6 Å². The lowest BCUT2D eigenvalue weighted by Gasteiger charge is -2.26. The predicted octanol–water partition coefficient (Wildman–Crippen LogP) is 1.09. The van der Waals surface area contributed by atoms with E-state index in [0.717, 1.165) is 71.1 Å². The fraction of sp³-hybridized carbons (Fsp3) is 0.625. The van der Waals surface area contributed by atoms with Crippen LogP contribution < -0.4 is 10.1 Å². The largest absolute Gasteiger partial charge is 0.493 e. The summed E-state index contributed by atoms with van der Waals surface area (Å²) in [6.45, 7) is 8.00. The molecule has 0 aliphatic carbocycles. The van der Waals surface area contributed by atoms with E-state index in [1.165, 1.54) is 11.1 Å². The van der Waals surface area contributed by atoms with Gasteiger partial charge in [-0.3, -0.25) is 4.90 Å². The summed E-state index contributed by atoms with van der Waals surface area (Å²) in [4.78, 5) is 2.46. The maximum absolute atomic E-state index is 5.53. The summed E-state index contributed by atoms with van der Waals surface area (Å²) in [5, 5.41) is 3.54. The SMILES string of the molecule is c1cc2c(cc1CCNCCN1CCOCC1)CCO2. The van der Waals surface area contributed by atoms with Gasteiger partial charge in [0.1, 0.15) is 5.75 Å². The average molecular weight is 276 g/mol. The van der Waals surface area contributed by atoms with E-state index in [9.17, 15) is 0 Å². The number of fused-ring (bicyclic) bond motifs is 1. The van der Waals surface area contributed by atoms with Gasteiger partial charge in [-0.2, -0.15) is 0 Å². The fourth-order valence-corrected chi connectivity index (χ4v) is 2.82. The Morgan fingerprint density at radius 3 is 2.90 bits per heavy atom. The number of ether oxygens (including phenoxy) is 2. The van der Waals surface area contributed by atoms with Crippen molar-refractivity contribution in [3.8, 4) is 5.75 Å². The van der Waals surface area contributed by atoms with Gasteiger partial charge in [-0.1, -0.05) is 12.1 Å². The molecule has 0 aromatic heterocycles. The lowest BCUT2D eigenvalue weighted by atomic mass is 10.1. The first-order chi connectivity index (χ1) is 9.92. The first-order valence-corrected chi connectivity index (χ1v) is 7.67. The molecule has 1 saturated heterocycles. The van der Waals surface area contributed by atoms with Crippen molar-refractivity contribution < 1.29 is 9.47 Å². The Bertz CT molecular complexity index is 430. The van der Waals surface area contributed by atoms with Gasteiger partial charge in [0.05, 0.1) is 19.8 Å². The second kappa shape index (κ2) is 7.07. The van der Waals surface area contributed by atoms with Crippen molar-refractivity contribution in [3.05, 3.63) is 29.3 Å². The highest BCUT2D eigenvalue weighted by atomic mass is 16.5. The Labute approximate surface area is 121 Å². The third kappa shape index (κ3) is 3.72. The lowest BCUT2D eigenvalue weighted by Crippen LogP contribution is -2.40. The zero-order valence-electron chi connectivity index (χ0n) is 12.1. The smallest absolute Gasteiger partial charge is 0.122 e. The average Bonchev–Trinajstić information content (AvgIpc) is 2.95. The van der Waals surface area contributed by atoms with E-state index in [-0.39, 0.29) is 0 Å². The molecule has 1 aromatic rings. The molecular formula is C16H24N2O2. The molecule has 0 saturated carbocycles. The molecule has 110 valence electrons. The molecule has 4 heteroatoms. The van der Waals surface area contributed by atoms with Crippen LogP contribution >= 0.6 is 0 Å². The first kappa shape index (κ1) is 13.9. The molecule has 2 heterocycles. The van der Waals surface area contributed by atoms with Gasteiger partial charge in [-0.25, -0.2) is 0 Å². The minimum absolute atomic E-state index is 0.844. The number of morpholine rings is 1. The first-order valence-electron chi connectivity index (χ1n) is 7.67. The molecule has 1 N–H and O–H groups in total. The van der Waals surface area contributed by atoms with Crippen molar-refractivity contribution in [3.63, 3.8) is 0 Å². The molecular weight excluding hydrogens is 252 g/mol. The maximum atomic E-state index is 5.53. The van der Waals surface area contributed by atoms with Crippen LogP contribution in [0.2, 0.25) is 0 Å². The highest BCUT2D eigenvalue weighted by Crippen LogP contribution is 2.25. The Morgan fingerprint density at radius 1 is 1.10 bits per heavy atom. The van der Waals surface area contributed by atoms with Crippen LogP contribution in [0.15, 0.2) is 18.2 Å². The number of nitrogens with one attached hydrogen (secondary N) is 1. The summed E-state index contributed by atoms with van der Waals surface area (Å²) >= 11 is 0. The molecule has 0 radical (unpaired) electrons. The number of hydrogen-bond donors (Lipinski definition) is 1. The molecule has 2 aliphatic heterocycles. The van der Waals surface area contributed by atoms with Crippen LogP contribution in [0.3, 0.4) is 0 Å². The van der Waals surface area contributed by atoms with Crippen LogP contribution in [0, 0.1) is 0 Å². The monoisotopic (exact) mass is 276 g/mol. The van der Waals surface area contributed by atoms with E-state index in [0.29, 0.717) is 0 Å². The quantitative estimate of drug-likeness (QED) is 0.789. The lowest BCUT2D eigenvalue weighted by molar-refractivity contribution is 0.0385. The molecule has 1 fully saturated rings. The Balaban J connectivity index is 1.33. The van der Waals surface area contributed by atoms with Crippen molar-refractivity contribution in [1.29, 1.82) is 0 Å². The molecule has 2 aliphatic rings. The van der Waals surface area contributed by atoms with Gasteiger partial charge in [-0.05, 0) is 30.2 Å². The van der Waals surface area contributed by atoms with E-state index >= 15 is 0 Å². The zero-order chi connectivity index (χ0) is 13.6. The van der Waals surface area contributed by atoms with Crippen molar-refractivity contribution >= 4 is 0 Å². The molecule has 0 unspecified atom stereocenters. The number of rotatable bonds is 6. The van der Waals surface area contributed by atoms with E-state index in [2.05, 4.69) is 28.4 Å². The van der Waals surface area contributed by atoms with Gasteiger partial charge < -0.3 is 14.8 Å². The predicted molar refractivity (Wildman–Crippen MR) is 79.5 cm³/mol. The standard InChI is InChI=1S/C16H24N2O2/c1-2-16-15(4-10-20-16)13-14(1)3-5-17-6-7-18-8-11-19-12-9-18/h1-2,13,17H,3-12H2. The van der Waals surface area contributed by atoms with Gasteiger partial charge in [0.2, 0.25) is 0 Å². The Hall–Kier alpha value is -1.10. The summed E-state index contributed by atoms with van der Waals surface area (Å²) < 4.78 is 10.9. The van der Waals surface area contributed by atoms with Crippen LogP contribution in [0.5, 0.6) is 5.75 Å². The van der Waals surface area contributed by atoms with Crippen LogP contribution in [0.4, 0.5) is 0 Å². The van der Waals surface area contributed by atoms with Crippen molar-refractivity contribution in [2.45, 2.75) is 12.8 Å². The highest BCUT2D eigenvalue weighted by Gasteiger charge is 2.12. The van der Waals surface area contributed by atoms with Crippen LogP contribution in [-0.2, 0) is 17.6 Å². The summed E-state index contributed by atoms with van der Waals surface area (Å²) in [6, 6.07) is 6.60. The molecule has 3 rings (SSSR count). The molecule has 0 atom stereocenters. The third-order valence-corrected chi connectivity index (χ3v) is 4.05. The molecule has 1 aromatic carbocycles. The highest BCUT2D eigenvalue weighted by molar-refractivity contribution is 5.39. The number of nitrogens with zero attached hydrogens (tertiary/aromatic N) is 1. The summed E-state index contributed by atoms with van der Waals surface area (Å²) in [5.41, 5.74) is 2.78. The maximum Gasteiger partial charge on any atom is 0.122 e. The third-order valence-electron chi connectivity index (χ3n) is 4.05. The van der Waals surface area contributed by atoms with Crippen LogP contribution in [0.25, 0.3) is 0 Å².